The number of oxazole rings is 1. The van der Waals surface area contributed by atoms with Crippen molar-refractivity contribution in [2.24, 2.45) is 23.2 Å². The molecule has 7 atom stereocenters. The molecule has 0 unspecified atom stereocenters. The largest absolute Gasteiger partial charge is 0.448 e. The second-order valence-electron chi connectivity index (χ2n) is 12.5. The standard InChI is InChI=1S/C32H45NO4/c1-5-24-19-37-30(33-24)32(15-16-32)29(36)13-8-20(2)26-11-12-27-22(7-6-14-31(26,27)4)9-10-23-17-25(34)18-28(35)21(23)3/h8-10,13,19-20,25-29,34-36H,3,5-7,11-12,14-18H2,1-2,4H3/t20-,25+,26+,27-,28-,29-,31+/m0/s1. The van der Waals surface area contributed by atoms with Gasteiger partial charge in [0.1, 0.15) is 6.26 Å². The van der Waals surface area contributed by atoms with Gasteiger partial charge in [-0.1, -0.05) is 57.2 Å². The Balaban J connectivity index is 1.28. The Kier molecular flexibility index (Phi) is 7.43. The number of fused-ring (bicyclic) bond motifs is 1. The summed E-state index contributed by atoms with van der Waals surface area (Å²) in [6.07, 6.45) is 18.3. The first-order valence-corrected chi connectivity index (χ1v) is 14.4. The summed E-state index contributed by atoms with van der Waals surface area (Å²) in [5.74, 6) is 2.22. The van der Waals surface area contributed by atoms with E-state index in [1.165, 1.54) is 31.3 Å². The van der Waals surface area contributed by atoms with E-state index in [-0.39, 0.29) is 10.8 Å². The van der Waals surface area contributed by atoms with Gasteiger partial charge in [-0.3, -0.25) is 0 Å². The zero-order valence-corrected chi connectivity index (χ0v) is 22.8. The molecule has 4 saturated carbocycles. The molecule has 4 aliphatic carbocycles. The molecule has 0 aliphatic heterocycles. The van der Waals surface area contributed by atoms with Gasteiger partial charge in [-0.25, -0.2) is 4.98 Å². The number of nitrogens with zero attached hydrogens (tertiary/aromatic N) is 1. The van der Waals surface area contributed by atoms with Crippen LogP contribution in [0.3, 0.4) is 0 Å². The summed E-state index contributed by atoms with van der Waals surface area (Å²) in [5, 5.41) is 31.4. The van der Waals surface area contributed by atoms with Crippen LogP contribution in [0.2, 0.25) is 0 Å². The Bertz CT molecular complexity index is 1090. The van der Waals surface area contributed by atoms with Gasteiger partial charge in [0.2, 0.25) is 5.89 Å². The lowest BCUT2D eigenvalue weighted by Crippen LogP contribution is -2.35. The van der Waals surface area contributed by atoms with E-state index in [2.05, 4.69) is 50.6 Å². The molecular weight excluding hydrogens is 462 g/mol. The van der Waals surface area contributed by atoms with Crippen LogP contribution in [0, 0.1) is 23.2 Å². The third-order valence-electron chi connectivity index (χ3n) is 10.2. The van der Waals surface area contributed by atoms with E-state index in [1.54, 1.807) is 6.26 Å². The SMILES string of the molecule is C=C1C(=CC=C2CCC[C@]3(C)[C@@H]([C@@H](C)C=C[C@H](O)C4(c5nc(CC)co5)CC4)CC[C@@H]23)C[C@@H](O)C[C@@H]1O. The molecule has 5 rings (SSSR count). The third-order valence-corrected chi connectivity index (χ3v) is 10.2. The summed E-state index contributed by atoms with van der Waals surface area (Å²) in [6.45, 7) is 10.9. The quantitative estimate of drug-likeness (QED) is 0.396. The van der Waals surface area contributed by atoms with Crippen molar-refractivity contribution in [2.45, 2.75) is 109 Å². The number of rotatable bonds is 7. The number of aliphatic hydroxyl groups is 3. The highest BCUT2D eigenvalue weighted by Gasteiger charge is 2.54. The topological polar surface area (TPSA) is 86.7 Å². The maximum Gasteiger partial charge on any atom is 0.203 e. The molecule has 202 valence electrons. The van der Waals surface area contributed by atoms with Gasteiger partial charge < -0.3 is 19.7 Å². The van der Waals surface area contributed by atoms with Gasteiger partial charge >= 0.3 is 0 Å². The number of hydrogen-bond donors (Lipinski definition) is 3. The van der Waals surface area contributed by atoms with Crippen LogP contribution in [0.15, 0.2) is 58.3 Å². The molecule has 5 heteroatoms. The van der Waals surface area contributed by atoms with Crippen molar-refractivity contribution >= 4 is 0 Å². The molecule has 0 aromatic carbocycles. The van der Waals surface area contributed by atoms with Crippen LogP contribution in [0.4, 0.5) is 0 Å². The van der Waals surface area contributed by atoms with Crippen LogP contribution >= 0.6 is 0 Å². The molecule has 0 saturated heterocycles. The Morgan fingerprint density at radius 3 is 2.68 bits per heavy atom. The Hall–Kier alpha value is -1.95. The fraction of sp³-hybridized carbons (Fsp3) is 0.656. The van der Waals surface area contributed by atoms with Crippen molar-refractivity contribution in [3.05, 3.63) is 65.5 Å². The number of aliphatic hydroxyl groups excluding tert-OH is 3. The van der Waals surface area contributed by atoms with Crippen LogP contribution < -0.4 is 0 Å². The molecule has 0 spiro atoms. The van der Waals surface area contributed by atoms with Crippen LogP contribution in [0.25, 0.3) is 0 Å². The lowest BCUT2D eigenvalue weighted by Gasteiger charge is -2.44. The highest BCUT2D eigenvalue weighted by Crippen LogP contribution is 2.60. The number of aryl methyl sites for hydroxylation is 1. The van der Waals surface area contributed by atoms with Crippen LogP contribution in [0.1, 0.15) is 90.1 Å². The van der Waals surface area contributed by atoms with Crippen LogP contribution in [-0.2, 0) is 11.8 Å². The Morgan fingerprint density at radius 2 is 1.97 bits per heavy atom. The van der Waals surface area contributed by atoms with Crippen molar-refractivity contribution in [3.63, 3.8) is 0 Å². The summed E-state index contributed by atoms with van der Waals surface area (Å²) < 4.78 is 5.75. The van der Waals surface area contributed by atoms with E-state index in [0.29, 0.717) is 36.5 Å². The van der Waals surface area contributed by atoms with Gasteiger partial charge in [-0.15, -0.1) is 0 Å². The summed E-state index contributed by atoms with van der Waals surface area (Å²) in [4.78, 5) is 4.62. The van der Waals surface area contributed by atoms with Gasteiger partial charge in [0.05, 0.1) is 29.4 Å². The molecule has 4 fully saturated rings. The minimum absolute atomic E-state index is 0.246. The monoisotopic (exact) mass is 507 g/mol. The Morgan fingerprint density at radius 1 is 1.19 bits per heavy atom. The second-order valence-corrected chi connectivity index (χ2v) is 12.5. The molecule has 4 aliphatic rings. The van der Waals surface area contributed by atoms with Crippen LogP contribution in [0.5, 0.6) is 0 Å². The van der Waals surface area contributed by atoms with Gasteiger partial charge in [0, 0.05) is 6.42 Å². The van der Waals surface area contributed by atoms with Gasteiger partial charge in [-0.2, -0.15) is 0 Å². The molecule has 0 bridgehead atoms. The van der Waals surface area contributed by atoms with Crippen molar-refractivity contribution < 1.29 is 19.7 Å². The first kappa shape index (κ1) is 26.6. The molecule has 1 aromatic rings. The van der Waals surface area contributed by atoms with Crippen LogP contribution in [-0.4, -0.2) is 38.6 Å². The lowest BCUT2D eigenvalue weighted by atomic mass is 9.61. The molecule has 1 heterocycles. The van der Waals surface area contributed by atoms with Gasteiger partial charge in [0.15, 0.2) is 0 Å². The van der Waals surface area contributed by atoms with E-state index in [0.717, 1.165) is 42.5 Å². The van der Waals surface area contributed by atoms with Crippen molar-refractivity contribution in [1.82, 2.24) is 4.98 Å². The van der Waals surface area contributed by atoms with E-state index in [1.807, 2.05) is 6.08 Å². The number of aromatic nitrogens is 1. The van der Waals surface area contributed by atoms with Gasteiger partial charge in [-0.05, 0) is 92.1 Å². The fourth-order valence-electron chi connectivity index (χ4n) is 7.68. The van der Waals surface area contributed by atoms with Crippen molar-refractivity contribution in [2.75, 3.05) is 0 Å². The molecule has 5 nitrogen and oxygen atoms in total. The maximum atomic E-state index is 11.1. The van der Waals surface area contributed by atoms with E-state index in [9.17, 15) is 15.3 Å². The average Bonchev–Trinajstić information content (AvgIpc) is 3.39. The molecular formula is C32H45NO4. The molecule has 1 aromatic heterocycles. The minimum atomic E-state index is -0.643. The fourth-order valence-corrected chi connectivity index (χ4v) is 7.68. The zero-order valence-electron chi connectivity index (χ0n) is 22.8. The van der Waals surface area contributed by atoms with Crippen molar-refractivity contribution in [3.8, 4) is 0 Å². The lowest BCUT2D eigenvalue weighted by molar-refractivity contribution is 0.0862. The maximum absolute atomic E-state index is 11.1. The summed E-state index contributed by atoms with van der Waals surface area (Å²) in [6, 6.07) is 0. The molecule has 3 N–H and O–H groups in total. The summed E-state index contributed by atoms with van der Waals surface area (Å²) in [5.41, 5.74) is 4.10. The first-order valence-electron chi connectivity index (χ1n) is 14.4. The van der Waals surface area contributed by atoms with E-state index in [4.69, 9.17) is 4.42 Å². The smallest absolute Gasteiger partial charge is 0.203 e. The average molecular weight is 508 g/mol. The predicted octanol–water partition coefficient (Wildman–Crippen LogP) is 5.96. The number of allylic oxidation sites excluding steroid dienone is 4. The molecule has 0 radical (unpaired) electrons. The predicted molar refractivity (Wildman–Crippen MR) is 146 cm³/mol. The van der Waals surface area contributed by atoms with Crippen molar-refractivity contribution in [1.29, 1.82) is 0 Å². The normalized spacial score (nSPS) is 37.3. The molecule has 37 heavy (non-hydrogen) atoms. The highest BCUT2D eigenvalue weighted by molar-refractivity contribution is 5.38. The Labute approximate surface area is 222 Å². The third kappa shape index (κ3) is 4.95. The zero-order chi connectivity index (χ0) is 26.4. The second kappa shape index (κ2) is 10.3. The first-order chi connectivity index (χ1) is 17.7. The van der Waals surface area contributed by atoms with E-state index < -0.39 is 18.3 Å². The number of hydrogen-bond acceptors (Lipinski definition) is 5. The summed E-state index contributed by atoms with van der Waals surface area (Å²) >= 11 is 0. The summed E-state index contributed by atoms with van der Waals surface area (Å²) in [7, 11) is 0. The van der Waals surface area contributed by atoms with E-state index >= 15 is 0 Å². The highest BCUT2D eigenvalue weighted by atomic mass is 16.3. The van der Waals surface area contributed by atoms with Gasteiger partial charge in [0.25, 0.3) is 0 Å². The minimum Gasteiger partial charge on any atom is -0.448 e. The molecule has 0 amide bonds.